The van der Waals surface area contributed by atoms with Gasteiger partial charge in [-0.05, 0) is 32.6 Å². The average Bonchev–Trinajstić information content (AvgIpc) is 2.14. The normalized spacial score (nSPS) is 26.5. The molecule has 0 aliphatic carbocycles. The van der Waals surface area contributed by atoms with E-state index < -0.39 is 0 Å². The van der Waals surface area contributed by atoms with Crippen molar-refractivity contribution in [3.8, 4) is 0 Å². The third kappa shape index (κ3) is 4.06. The lowest BCUT2D eigenvalue weighted by Crippen LogP contribution is -2.48. The number of carbonyl (C=O) groups is 1. The van der Waals surface area contributed by atoms with Crippen molar-refractivity contribution < 1.29 is 9.53 Å². The van der Waals surface area contributed by atoms with E-state index in [2.05, 4.69) is 35.1 Å². The van der Waals surface area contributed by atoms with Crippen LogP contribution >= 0.6 is 15.9 Å². The van der Waals surface area contributed by atoms with Crippen molar-refractivity contribution in [3.63, 3.8) is 0 Å². The van der Waals surface area contributed by atoms with Crippen molar-refractivity contribution in [3.05, 3.63) is 0 Å². The van der Waals surface area contributed by atoms with Gasteiger partial charge in [-0.15, -0.1) is 0 Å². The highest BCUT2D eigenvalue weighted by Gasteiger charge is 2.31. The third-order valence-electron chi connectivity index (χ3n) is 2.88. The first-order valence-electron chi connectivity index (χ1n) is 5.90. The summed E-state index contributed by atoms with van der Waals surface area (Å²) in [6.07, 6.45) is 1.80. The van der Waals surface area contributed by atoms with Crippen LogP contribution in [0.1, 0.15) is 40.5 Å². The first-order valence-corrected chi connectivity index (χ1v) is 6.82. The van der Waals surface area contributed by atoms with Gasteiger partial charge in [-0.25, -0.2) is 0 Å². The molecule has 3 nitrogen and oxygen atoms in total. The minimum absolute atomic E-state index is 0.0951. The molecule has 0 radical (unpaired) electrons. The summed E-state index contributed by atoms with van der Waals surface area (Å²) in [4.78, 5) is 11.8. The molecular weight excluding hydrogens is 270 g/mol. The molecule has 1 aliphatic heterocycles. The van der Waals surface area contributed by atoms with Crippen LogP contribution in [0.25, 0.3) is 0 Å². The van der Waals surface area contributed by atoms with Gasteiger partial charge in [-0.1, -0.05) is 29.8 Å². The fourth-order valence-corrected chi connectivity index (χ4v) is 2.07. The van der Waals surface area contributed by atoms with Crippen LogP contribution in [-0.2, 0) is 9.53 Å². The first kappa shape index (κ1) is 14.0. The van der Waals surface area contributed by atoms with E-state index in [0.29, 0.717) is 5.92 Å². The summed E-state index contributed by atoms with van der Waals surface area (Å²) in [6.45, 7) is 8.94. The molecule has 2 atom stereocenters. The molecule has 1 fully saturated rings. The number of alkyl halides is 1. The Morgan fingerprint density at radius 2 is 2.12 bits per heavy atom. The molecule has 1 heterocycles. The van der Waals surface area contributed by atoms with Crippen molar-refractivity contribution in [1.82, 2.24) is 5.32 Å². The van der Waals surface area contributed by atoms with Crippen molar-refractivity contribution >= 4 is 21.8 Å². The second kappa shape index (κ2) is 5.50. The van der Waals surface area contributed by atoms with Crippen LogP contribution in [0, 0.1) is 5.92 Å². The maximum absolute atomic E-state index is 11.9. The van der Waals surface area contributed by atoms with E-state index in [1.165, 1.54) is 0 Å². The molecule has 0 bridgehead atoms. The van der Waals surface area contributed by atoms with Gasteiger partial charge in [-0.3, -0.25) is 4.79 Å². The Labute approximate surface area is 106 Å². The molecule has 0 saturated carbocycles. The number of hydrogen-bond acceptors (Lipinski definition) is 2. The number of ether oxygens (including phenoxy) is 1. The maximum atomic E-state index is 11.9. The summed E-state index contributed by atoms with van der Waals surface area (Å²) in [6, 6.07) is 0.245. The topological polar surface area (TPSA) is 38.3 Å². The number of rotatable bonds is 3. The molecule has 0 spiro atoms. The molecule has 94 valence electrons. The molecule has 1 aliphatic rings. The first-order chi connectivity index (χ1) is 7.32. The summed E-state index contributed by atoms with van der Waals surface area (Å²) < 4.78 is 5.62. The second-order valence-corrected chi connectivity index (χ2v) is 6.44. The highest BCUT2D eigenvalue weighted by Crippen LogP contribution is 2.24. The van der Waals surface area contributed by atoms with Gasteiger partial charge in [0.05, 0.1) is 10.4 Å². The molecule has 0 aromatic rings. The standard InChI is InChI=1S/C12H22BrNO2/c1-8(2)10(13)11(15)14-9-5-6-16-12(3,4)7-9/h8-10H,5-7H2,1-4H3,(H,14,15). The zero-order valence-electron chi connectivity index (χ0n) is 10.5. The van der Waals surface area contributed by atoms with Crippen molar-refractivity contribution in [2.24, 2.45) is 5.92 Å². The molecular formula is C12H22BrNO2. The van der Waals surface area contributed by atoms with Crippen LogP contribution in [-0.4, -0.2) is 29.0 Å². The minimum Gasteiger partial charge on any atom is -0.375 e. The van der Waals surface area contributed by atoms with Crippen LogP contribution in [0.5, 0.6) is 0 Å². The van der Waals surface area contributed by atoms with Crippen molar-refractivity contribution in [2.45, 2.75) is 57.0 Å². The summed E-state index contributed by atoms with van der Waals surface area (Å²) >= 11 is 3.42. The van der Waals surface area contributed by atoms with Gasteiger partial charge < -0.3 is 10.1 Å². The zero-order valence-corrected chi connectivity index (χ0v) is 12.1. The van der Waals surface area contributed by atoms with Crippen LogP contribution in [0.2, 0.25) is 0 Å². The molecule has 16 heavy (non-hydrogen) atoms. The van der Waals surface area contributed by atoms with Crippen molar-refractivity contribution in [1.29, 1.82) is 0 Å². The van der Waals surface area contributed by atoms with E-state index in [1.807, 2.05) is 13.8 Å². The molecule has 1 amide bonds. The van der Waals surface area contributed by atoms with Crippen LogP contribution in [0.15, 0.2) is 0 Å². The molecule has 1 saturated heterocycles. The lowest BCUT2D eigenvalue weighted by atomic mass is 9.93. The van der Waals surface area contributed by atoms with E-state index in [-0.39, 0.29) is 22.4 Å². The van der Waals surface area contributed by atoms with Gasteiger partial charge in [0.15, 0.2) is 0 Å². The van der Waals surface area contributed by atoms with Gasteiger partial charge in [0.25, 0.3) is 0 Å². The fourth-order valence-electron chi connectivity index (χ4n) is 1.94. The highest BCUT2D eigenvalue weighted by molar-refractivity contribution is 9.10. The van der Waals surface area contributed by atoms with E-state index in [9.17, 15) is 4.79 Å². The van der Waals surface area contributed by atoms with E-state index in [1.54, 1.807) is 0 Å². The lowest BCUT2D eigenvalue weighted by Gasteiger charge is -2.36. The largest absolute Gasteiger partial charge is 0.375 e. The number of hydrogen-bond donors (Lipinski definition) is 1. The molecule has 0 aromatic heterocycles. The molecule has 0 aromatic carbocycles. The summed E-state index contributed by atoms with van der Waals surface area (Å²) in [5.41, 5.74) is -0.115. The Kier molecular flexibility index (Phi) is 4.80. The maximum Gasteiger partial charge on any atom is 0.234 e. The van der Waals surface area contributed by atoms with Gasteiger partial charge in [0.2, 0.25) is 5.91 Å². The number of carbonyl (C=O) groups excluding carboxylic acids is 1. The lowest BCUT2D eigenvalue weighted by molar-refractivity contribution is -0.124. The molecule has 1 N–H and O–H groups in total. The quantitative estimate of drug-likeness (QED) is 0.812. The van der Waals surface area contributed by atoms with E-state index >= 15 is 0 Å². The molecule has 4 heteroatoms. The summed E-state index contributed by atoms with van der Waals surface area (Å²) in [5.74, 6) is 0.408. The van der Waals surface area contributed by atoms with Gasteiger partial charge in [-0.2, -0.15) is 0 Å². The summed E-state index contributed by atoms with van der Waals surface area (Å²) in [7, 11) is 0. The predicted octanol–water partition coefficient (Wildman–Crippen LogP) is 2.48. The monoisotopic (exact) mass is 291 g/mol. The van der Waals surface area contributed by atoms with Gasteiger partial charge in [0, 0.05) is 12.6 Å². The Bertz CT molecular complexity index is 253. The number of nitrogens with one attached hydrogen (secondary N) is 1. The number of amides is 1. The SMILES string of the molecule is CC(C)C(Br)C(=O)NC1CCOC(C)(C)C1. The molecule has 2 unspecified atom stereocenters. The van der Waals surface area contributed by atoms with Crippen LogP contribution < -0.4 is 5.32 Å². The third-order valence-corrected chi connectivity index (χ3v) is 4.35. The van der Waals surface area contributed by atoms with Crippen LogP contribution in [0.4, 0.5) is 0 Å². The second-order valence-electron chi connectivity index (χ2n) is 5.45. The van der Waals surface area contributed by atoms with Gasteiger partial charge >= 0.3 is 0 Å². The minimum atomic E-state index is -0.115. The van der Waals surface area contributed by atoms with E-state index in [4.69, 9.17) is 4.74 Å². The predicted molar refractivity (Wildman–Crippen MR) is 68.7 cm³/mol. The molecule has 1 rings (SSSR count). The smallest absolute Gasteiger partial charge is 0.234 e. The fraction of sp³-hybridized carbons (Fsp3) is 0.917. The summed E-state index contributed by atoms with van der Waals surface area (Å²) in [5, 5.41) is 3.09. The number of halogens is 1. The Morgan fingerprint density at radius 1 is 1.50 bits per heavy atom. The average molecular weight is 292 g/mol. The Balaban J connectivity index is 2.45. The Morgan fingerprint density at radius 3 is 2.62 bits per heavy atom. The Hall–Kier alpha value is -0.0900. The van der Waals surface area contributed by atoms with Crippen LogP contribution in [0.3, 0.4) is 0 Å². The van der Waals surface area contributed by atoms with E-state index in [0.717, 1.165) is 19.4 Å². The zero-order chi connectivity index (χ0) is 12.3. The van der Waals surface area contributed by atoms with Gasteiger partial charge in [0.1, 0.15) is 0 Å². The highest BCUT2D eigenvalue weighted by atomic mass is 79.9. The van der Waals surface area contributed by atoms with Crippen molar-refractivity contribution in [2.75, 3.05) is 6.61 Å².